The highest BCUT2D eigenvalue weighted by Crippen LogP contribution is 2.48. The van der Waals surface area contributed by atoms with Crippen LogP contribution in [0.5, 0.6) is 11.5 Å². The van der Waals surface area contributed by atoms with Gasteiger partial charge in [-0.05, 0) is 105 Å². The molecule has 6 aromatic rings. The molecule has 6 aliphatic rings. The lowest BCUT2D eigenvalue weighted by molar-refractivity contribution is -0.401. The number of imide groups is 1. The monoisotopic (exact) mass is 1240 g/mol. The van der Waals surface area contributed by atoms with Crippen molar-refractivity contribution in [3.05, 3.63) is 208 Å². The topological polar surface area (TPSA) is 152 Å². The summed E-state index contributed by atoms with van der Waals surface area (Å²) in [4.78, 5) is 59.1. The van der Waals surface area contributed by atoms with Crippen LogP contribution in [0.15, 0.2) is 174 Å². The minimum absolute atomic E-state index is 0.0637. The number of allylic oxidation sites excluding steroid dienone is 6. The molecular weight excluding hydrogens is 1160 g/mol. The lowest BCUT2D eigenvalue weighted by atomic mass is 9.81. The van der Waals surface area contributed by atoms with Crippen LogP contribution in [-0.2, 0) is 46.5 Å². The third-order valence-electron chi connectivity index (χ3n) is 18.9. The van der Waals surface area contributed by atoms with Crippen LogP contribution in [0.1, 0.15) is 100 Å². The van der Waals surface area contributed by atoms with Gasteiger partial charge in [0.2, 0.25) is 39.3 Å². The van der Waals surface area contributed by atoms with E-state index in [0.717, 1.165) is 65.3 Å². The number of piperidine rings is 1. The van der Waals surface area contributed by atoms with Crippen LogP contribution in [-0.4, -0.2) is 115 Å². The summed E-state index contributed by atoms with van der Waals surface area (Å²) in [5.74, 6) is 0.447. The molecule has 2 saturated heterocycles. The second kappa shape index (κ2) is 25.9. The van der Waals surface area contributed by atoms with Gasteiger partial charge in [0.25, 0.3) is 0 Å². The number of ether oxygens (including phenoxy) is 1. The molecule has 0 saturated carbocycles. The quantitative estimate of drug-likeness (QED) is 0.0308. The van der Waals surface area contributed by atoms with Gasteiger partial charge in [-0.25, -0.2) is 8.42 Å². The summed E-state index contributed by atoms with van der Waals surface area (Å²) in [6.07, 6.45) is 15.4. The fourth-order valence-electron chi connectivity index (χ4n) is 14.1. The first-order chi connectivity index (χ1) is 43.4. The molecule has 6 aromatic carbocycles. The Morgan fingerprint density at radius 2 is 1.48 bits per heavy atom. The maximum absolute atomic E-state index is 14.8. The van der Waals surface area contributed by atoms with Crippen molar-refractivity contribution in [3.63, 3.8) is 0 Å². The Labute approximate surface area is 533 Å². The number of unbranched alkanes of at least 4 members (excludes halogenated alkanes) is 2. The van der Waals surface area contributed by atoms with Crippen LogP contribution < -0.4 is 35.6 Å². The van der Waals surface area contributed by atoms with Crippen molar-refractivity contribution < 1.29 is 36.9 Å². The van der Waals surface area contributed by atoms with Gasteiger partial charge in [0, 0.05) is 144 Å². The number of para-hydroxylation sites is 3. The maximum Gasteiger partial charge on any atom is 0.243 e. The lowest BCUT2D eigenvalue weighted by Crippen LogP contribution is -2.43. The molecule has 4 amide bonds. The highest BCUT2D eigenvalue weighted by molar-refractivity contribution is 8.00. The number of amides is 4. The Hall–Kier alpha value is -8.31. The first kappa shape index (κ1) is 61.9. The smallest absolute Gasteiger partial charge is 0.243 e. The van der Waals surface area contributed by atoms with E-state index in [1.54, 1.807) is 12.1 Å². The van der Waals surface area contributed by atoms with Crippen molar-refractivity contribution >= 4 is 86.0 Å². The molecule has 0 spiro atoms. The predicted octanol–water partition coefficient (Wildman–Crippen LogP) is 10.7. The number of thioether (sulfide) groups is 1. The molecule has 16 heteroatoms. The number of rotatable bonds is 21. The summed E-state index contributed by atoms with van der Waals surface area (Å²) in [6, 6.07) is 44.6. The van der Waals surface area contributed by atoms with E-state index < -0.39 is 15.3 Å². The van der Waals surface area contributed by atoms with Gasteiger partial charge in [-0.1, -0.05) is 130 Å². The molecule has 2 N–H and O–H groups in total. The molecule has 0 radical (unpaired) electrons. The average Bonchev–Trinajstić information content (AvgIpc) is 1.14. The summed E-state index contributed by atoms with van der Waals surface area (Å²) in [7, 11) is -1.89. The number of carbonyl (C=O) groups is 4. The molecule has 0 bridgehead atoms. The molecule has 2 fully saturated rings. The minimum Gasteiger partial charge on any atom is -0.456 e. The number of nitrogens with zero attached hydrogens (tertiary/aromatic N) is 5. The van der Waals surface area contributed by atoms with Crippen molar-refractivity contribution in [2.75, 3.05) is 68.4 Å². The van der Waals surface area contributed by atoms with Gasteiger partial charge in [-0.2, -0.15) is 8.88 Å². The van der Waals surface area contributed by atoms with Crippen LogP contribution in [0.2, 0.25) is 0 Å². The fourth-order valence-corrected chi connectivity index (χ4v) is 16.8. The maximum atomic E-state index is 14.8. The molecule has 0 aliphatic carbocycles. The lowest BCUT2D eigenvalue weighted by Gasteiger charge is -2.31. The van der Waals surface area contributed by atoms with Gasteiger partial charge in [0.05, 0.1) is 15.6 Å². The van der Waals surface area contributed by atoms with E-state index in [4.69, 9.17) is 4.74 Å². The Balaban J connectivity index is 0.574. The van der Waals surface area contributed by atoms with Crippen LogP contribution in [0, 0.1) is 5.92 Å². The summed E-state index contributed by atoms with van der Waals surface area (Å²) >= 11 is 1.34. The van der Waals surface area contributed by atoms with E-state index in [0.29, 0.717) is 55.0 Å². The minimum atomic E-state index is -4.02. The predicted molar refractivity (Wildman–Crippen MR) is 360 cm³/mol. The standard InChI is InChI=1S/C74H79N7O7S2/c1-50-32-34-54-62(47-50)88-63-48-53(79-44-38-51-21-12-16-25-59(51)79)33-35-55(63)70(54)56-22-13-19-28-65(56)90(86,87)78-42-36-52(37-43-78)71(84)76-40-46-89-64-49-69(83)81(72(64)85)45-39-75-68(82)31-11-8-20-41-80-61-27-18-15-24-58(61)74(4,5)67(80)30-10-7-9-29-66-73(2,3)57-23-14-17-26-60(57)77(66)6/h7,9-10,12-19,21-30,32-35,47-48,52,64H,1,8,11,20,31,36-46,49H2,2-6H3,(H-,75,76,82,84)/p+1. The van der Waals surface area contributed by atoms with E-state index in [2.05, 4.69) is 170 Å². The zero-order chi connectivity index (χ0) is 62.9. The molecule has 90 heavy (non-hydrogen) atoms. The number of sulfonamides is 1. The van der Waals surface area contributed by atoms with E-state index in [9.17, 15) is 27.6 Å². The van der Waals surface area contributed by atoms with Crippen LogP contribution in [0.3, 0.4) is 0 Å². The molecule has 0 aromatic heterocycles. The van der Waals surface area contributed by atoms with Crippen molar-refractivity contribution in [3.8, 4) is 11.5 Å². The largest absolute Gasteiger partial charge is 0.456 e. The molecule has 6 heterocycles. The SMILES string of the molecule is C=c1ccc2c(c1)Oc1cc(N3CCc4ccccc43)ccc1C=2c1ccccc1S(=O)(=O)N1CCC(C(=O)NCCSC2CC(=O)N(CCNC(=O)CCCCCN3C(=CC=CC=CC4=[N+](C)c5ccccc5C4(C)C)C(C)(C)c4ccccc43)C2=O)CC1. The Morgan fingerprint density at radius 3 is 2.29 bits per heavy atom. The van der Waals surface area contributed by atoms with Crippen molar-refractivity contribution in [2.45, 2.75) is 100 Å². The van der Waals surface area contributed by atoms with Crippen LogP contribution in [0.4, 0.5) is 22.7 Å². The Bertz CT molecular complexity index is 4200. The number of carbonyl (C=O) groups excluding carboxylic acids is 4. The molecule has 6 aliphatic heterocycles. The van der Waals surface area contributed by atoms with Gasteiger partial charge < -0.3 is 25.2 Å². The average molecular weight is 1240 g/mol. The number of likely N-dealkylation sites (tertiary alicyclic amines) is 1. The summed E-state index contributed by atoms with van der Waals surface area (Å²) < 4.78 is 39.9. The Kier molecular flexibility index (Phi) is 17.8. The Morgan fingerprint density at radius 1 is 0.733 bits per heavy atom. The number of nitrogens with one attached hydrogen (secondary N) is 2. The molecule has 464 valence electrons. The first-order valence-electron chi connectivity index (χ1n) is 31.7. The van der Waals surface area contributed by atoms with Gasteiger partial charge in [0.1, 0.15) is 18.5 Å². The summed E-state index contributed by atoms with van der Waals surface area (Å²) in [5, 5.41) is 6.90. The first-order valence-corrected chi connectivity index (χ1v) is 34.1. The third kappa shape index (κ3) is 12.1. The van der Waals surface area contributed by atoms with Crippen molar-refractivity contribution in [2.24, 2.45) is 5.92 Å². The van der Waals surface area contributed by atoms with Crippen LogP contribution in [0.25, 0.3) is 12.2 Å². The van der Waals surface area contributed by atoms with E-state index >= 15 is 0 Å². The van der Waals surface area contributed by atoms with Crippen molar-refractivity contribution in [1.29, 1.82) is 0 Å². The van der Waals surface area contributed by atoms with E-state index in [1.807, 2.05) is 48.5 Å². The number of hydrogen-bond acceptors (Lipinski definition) is 10. The molecular formula is C74H80N7O7S2+. The number of hydrogen-bond donors (Lipinski definition) is 2. The second-order valence-corrected chi connectivity index (χ2v) is 28.5. The molecule has 1 atom stereocenters. The number of benzene rings is 6. The fraction of sp³-hybridized carbons (Fsp3) is 0.338. The highest BCUT2D eigenvalue weighted by Gasteiger charge is 2.44. The summed E-state index contributed by atoms with van der Waals surface area (Å²) in [5.41, 5.74) is 12.9. The zero-order valence-corrected chi connectivity index (χ0v) is 53.8. The number of anilines is 3. The van der Waals surface area contributed by atoms with Crippen molar-refractivity contribution in [1.82, 2.24) is 19.8 Å². The molecule has 12 rings (SSSR count). The zero-order valence-electron chi connectivity index (χ0n) is 52.2. The van der Waals surface area contributed by atoms with Crippen LogP contribution >= 0.6 is 11.8 Å². The third-order valence-corrected chi connectivity index (χ3v) is 22.1. The van der Waals surface area contributed by atoms with Gasteiger partial charge in [0.15, 0.2) is 5.71 Å². The summed E-state index contributed by atoms with van der Waals surface area (Å²) in [6.45, 7) is 15.8. The second-order valence-electron chi connectivity index (χ2n) is 25.3. The van der Waals surface area contributed by atoms with Gasteiger partial charge in [-0.15, -0.1) is 11.8 Å². The van der Waals surface area contributed by atoms with E-state index in [-0.39, 0.29) is 77.9 Å². The van der Waals surface area contributed by atoms with E-state index in [1.165, 1.54) is 60.4 Å². The van der Waals surface area contributed by atoms with Gasteiger partial charge in [-0.3, -0.25) is 24.1 Å². The van der Waals surface area contributed by atoms with Gasteiger partial charge >= 0.3 is 0 Å². The normalized spacial score (nSPS) is 19.0. The molecule has 1 unspecified atom stereocenters. The molecule has 14 nitrogen and oxygen atoms in total. The highest BCUT2D eigenvalue weighted by atomic mass is 32.2. The number of fused-ring (bicyclic) bond motifs is 5.